The summed E-state index contributed by atoms with van der Waals surface area (Å²) < 4.78 is 5.17. The fourth-order valence-electron chi connectivity index (χ4n) is 3.92. The van der Waals surface area contributed by atoms with Crippen LogP contribution in [0.15, 0.2) is 18.3 Å². The van der Waals surface area contributed by atoms with Crippen molar-refractivity contribution in [2.24, 2.45) is 10.8 Å². The second-order valence-corrected chi connectivity index (χ2v) is 7.70. The molecule has 0 bridgehead atoms. The molecule has 0 spiro atoms. The first-order valence-corrected chi connectivity index (χ1v) is 7.52. The van der Waals surface area contributed by atoms with Gasteiger partial charge in [0.25, 0.3) is 0 Å². The average Bonchev–Trinajstić information content (AvgIpc) is 2.33. The summed E-state index contributed by atoms with van der Waals surface area (Å²) in [7, 11) is 1.66. The lowest BCUT2D eigenvalue weighted by atomic mass is 9.63. The molecule has 1 aliphatic rings. The summed E-state index contributed by atoms with van der Waals surface area (Å²) in [6.45, 7) is 10.4. The van der Waals surface area contributed by atoms with Crippen LogP contribution in [0.2, 0.25) is 0 Å². The number of hydrogen-bond donors (Lipinski definition) is 1. The average molecular weight is 276 g/mol. The van der Waals surface area contributed by atoms with Gasteiger partial charge in [-0.1, -0.05) is 27.7 Å². The van der Waals surface area contributed by atoms with Crippen molar-refractivity contribution < 1.29 is 4.74 Å². The highest BCUT2D eigenvalue weighted by Crippen LogP contribution is 2.45. The van der Waals surface area contributed by atoms with Crippen LogP contribution in [0.4, 0.5) is 0 Å². The Balaban J connectivity index is 1.96. The third kappa shape index (κ3) is 4.20. The summed E-state index contributed by atoms with van der Waals surface area (Å²) in [6.07, 6.45) is 5.61. The number of nitrogens with zero attached hydrogens (tertiary/aromatic N) is 1. The predicted octanol–water partition coefficient (Wildman–Crippen LogP) is 3.78. The van der Waals surface area contributed by atoms with Gasteiger partial charge in [0.1, 0.15) is 0 Å². The van der Waals surface area contributed by atoms with E-state index in [9.17, 15) is 0 Å². The Labute approximate surface area is 123 Å². The lowest BCUT2D eigenvalue weighted by Gasteiger charge is -2.45. The summed E-state index contributed by atoms with van der Waals surface area (Å²) in [5, 5.41) is 3.72. The molecular weight excluding hydrogens is 248 g/mol. The number of rotatable bonds is 4. The molecule has 1 heterocycles. The quantitative estimate of drug-likeness (QED) is 0.908. The minimum atomic E-state index is 0.426. The molecule has 1 fully saturated rings. The van der Waals surface area contributed by atoms with Gasteiger partial charge in [0.15, 0.2) is 0 Å². The summed E-state index contributed by atoms with van der Waals surface area (Å²) in [4.78, 5) is 4.15. The van der Waals surface area contributed by atoms with Gasteiger partial charge in [0.2, 0.25) is 5.88 Å². The number of hydrogen-bond acceptors (Lipinski definition) is 3. The van der Waals surface area contributed by atoms with Crippen LogP contribution in [0.25, 0.3) is 0 Å². The van der Waals surface area contributed by atoms with Crippen molar-refractivity contribution in [1.82, 2.24) is 10.3 Å². The zero-order valence-electron chi connectivity index (χ0n) is 13.5. The highest BCUT2D eigenvalue weighted by Gasteiger charge is 2.38. The number of ether oxygens (including phenoxy) is 1. The van der Waals surface area contributed by atoms with Crippen LogP contribution in [0, 0.1) is 10.8 Å². The monoisotopic (exact) mass is 276 g/mol. The van der Waals surface area contributed by atoms with Gasteiger partial charge >= 0.3 is 0 Å². The zero-order valence-corrected chi connectivity index (χ0v) is 13.5. The Kier molecular flexibility index (Phi) is 4.38. The van der Waals surface area contributed by atoms with E-state index in [1.54, 1.807) is 7.11 Å². The summed E-state index contributed by atoms with van der Waals surface area (Å²) in [5.41, 5.74) is 2.09. The molecule has 3 nitrogen and oxygen atoms in total. The topological polar surface area (TPSA) is 34.1 Å². The summed E-state index contributed by atoms with van der Waals surface area (Å²) >= 11 is 0. The Morgan fingerprint density at radius 2 is 1.90 bits per heavy atom. The first-order chi connectivity index (χ1) is 9.30. The van der Waals surface area contributed by atoms with Crippen molar-refractivity contribution in [3.8, 4) is 5.88 Å². The summed E-state index contributed by atoms with van der Waals surface area (Å²) in [6, 6.07) is 4.65. The van der Waals surface area contributed by atoms with E-state index in [1.165, 1.54) is 24.8 Å². The van der Waals surface area contributed by atoms with E-state index in [1.807, 2.05) is 12.3 Å². The Morgan fingerprint density at radius 3 is 2.50 bits per heavy atom. The van der Waals surface area contributed by atoms with E-state index in [4.69, 9.17) is 4.74 Å². The third-order valence-corrected chi connectivity index (χ3v) is 4.16. The van der Waals surface area contributed by atoms with Crippen molar-refractivity contribution in [2.75, 3.05) is 7.11 Å². The molecule has 0 unspecified atom stereocenters. The maximum absolute atomic E-state index is 5.17. The van der Waals surface area contributed by atoms with Crippen molar-refractivity contribution in [1.29, 1.82) is 0 Å². The maximum Gasteiger partial charge on any atom is 0.213 e. The fraction of sp³-hybridized carbons (Fsp3) is 0.706. The molecule has 1 saturated carbocycles. The predicted molar refractivity (Wildman–Crippen MR) is 82.8 cm³/mol. The van der Waals surface area contributed by atoms with E-state index >= 15 is 0 Å². The molecule has 1 aliphatic carbocycles. The molecule has 1 aromatic heterocycles. The van der Waals surface area contributed by atoms with Crippen LogP contribution in [0.1, 0.15) is 52.5 Å². The number of methoxy groups -OCH3 is 1. The molecule has 0 aromatic carbocycles. The molecule has 0 saturated heterocycles. The molecule has 1 N–H and O–H groups in total. The molecule has 20 heavy (non-hydrogen) atoms. The zero-order chi connectivity index (χ0) is 14.8. The van der Waals surface area contributed by atoms with Gasteiger partial charge in [-0.05, 0) is 41.7 Å². The van der Waals surface area contributed by atoms with Gasteiger partial charge in [-0.25, -0.2) is 4.98 Å². The van der Waals surface area contributed by atoms with Gasteiger partial charge in [0.05, 0.1) is 7.11 Å². The highest BCUT2D eigenvalue weighted by atomic mass is 16.5. The van der Waals surface area contributed by atoms with Gasteiger partial charge in [-0.2, -0.15) is 0 Å². The van der Waals surface area contributed by atoms with Crippen molar-refractivity contribution >= 4 is 0 Å². The van der Waals surface area contributed by atoms with Crippen molar-refractivity contribution in [3.63, 3.8) is 0 Å². The SMILES string of the molecule is COc1cc(CNC2CC(C)(C)CC(C)(C)C2)ccn1. The second-order valence-electron chi connectivity index (χ2n) is 7.70. The lowest BCUT2D eigenvalue weighted by molar-refractivity contribution is 0.0845. The second kappa shape index (κ2) is 5.72. The van der Waals surface area contributed by atoms with Crippen LogP contribution in [-0.4, -0.2) is 18.1 Å². The van der Waals surface area contributed by atoms with E-state index in [0.29, 0.717) is 22.8 Å². The van der Waals surface area contributed by atoms with Crippen LogP contribution in [0.3, 0.4) is 0 Å². The number of aromatic nitrogens is 1. The standard InChI is InChI=1S/C17H28N2O/c1-16(2)9-14(10-17(3,4)12-16)19-11-13-6-7-18-15(8-13)20-5/h6-8,14,19H,9-12H2,1-5H3. The molecule has 0 radical (unpaired) electrons. The normalized spacial score (nSPS) is 21.6. The van der Waals surface area contributed by atoms with Gasteiger partial charge in [-0.15, -0.1) is 0 Å². The Bertz CT molecular complexity index is 438. The van der Waals surface area contributed by atoms with E-state index in [2.05, 4.69) is 44.1 Å². The molecule has 0 atom stereocenters. The fourth-order valence-corrected chi connectivity index (χ4v) is 3.92. The molecule has 3 heteroatoms. The number of nitrogens with one attached hydrogen (secondary N) is 1. The number of pyridine rings is 1. The highest BCUT2D eigenvalue weighted by molar-refractivity contribution is 5.20. The minimum absolute atomic E-state index is 0.426. The van der Waals surface area contributed by atoms with Crippen LogP contribution in [0.5, 0.6) is 5.88 Å². The molecule has 2 rings (SSSR count). The Hall–Kier alpha value is -1.09. The van der Waals surface area contributed by atoms with Gasteiger partial charge < -0.3 is 10.1 Å². The minimum Gasteiger partial charge on any atom is -0.481 e. The van der Waals surface area contributed by atoms with Crippen LogP contribution >= 0.6 is 0 Å². The van der Waals surface area contributed by atoms with Crippen molar-refractivity contribution in [2.45, 2.75) is 59.5 Å². The van der Waals surface area contributed by atoms with Crippen LogP contribution < -0.4 is 10.1 Å². The largest absolute Gasteiger partial charge is 0.481 e. The third-order valence-electron chi connectivity index (χ3n) is 4.16. The molecule has 0 amide bonds. The Morgan fingerprint density at radius 1 is 1.25 bits per heavy atom. The molecule has 0 aliphatic heterocycles. The summed E-state index contributed by atoms with van der Waals surface area (Å²) in [5.74, 6) is 0.689. The molecule has 112 valence electrons. The molecular formula is C17H28N2O. The van der Waals surface area contributed by atoms with Crippen molar-refractivity contribution in [3.05, 3.63) is 23.9 Å². The lowest BCUT2D eigenvalue weighted by Crippen LogP contribution is -2.43. The smallest absolute Gasteiger partial charge is 0.213 e. The first kappa shape index (κ1) is 15.3. The first-order valence-electron chi connectivity index (χ1n) is 7.52. The maximum atomic E-state index is 5.17. The van der Waals surface area contributed by atoms with Gasteiger partial charge in [0, 0.05) is 24.8 Å². The van der Waals surface area contributed by atoms with E-state index < -0.39 is 0 Å². The van der Waals surface area contributed by atoms with E-state index in [0.717, 1.165) is 6.54 Å². The van der Waals surface area contributed by atoms with Crippen LogP contribution in [-0.2, 0) is 6.54 Å². The molecule has 1 aromatic rings. The van der Waals surface area contributed by atoms with Gasteiger partial charge in [-0.3, -0.25) is 0 Å². The van der Waals surface area contributed by atoms with E-state index in [-0.39, 0.29) is 0 Å².